The number of nitrogens with zero attached hydrogens (tertiary/aromatic N) is 1. The van der Waals surface area contributed by atoms with Crippen molar-refractivity contribution in [1.82, 2.24) is 5.32 Å². The van der Waals surface area contributed by atoms with Gasteiger partial charge in [0.2, 0.25) is 5.91 Å². The summed E-state index contributed by atoms with van der Waals surface area (Å²) in [5.41, 5.74) is 7.34. The summed E-state index contributed by atoms with van der Waals surface area (Å²) >= 11 is 11.3. The van der Waals surface area contributed by atoms with Crippen molar-refractivity contribution in [2.45, 2.75) is 18.9 Å². The van der Waals surface area contributed by atoms with Gasteiger partial charge in [0.1, 0.15) is 4.99 Å². The quantitative estimate of drug-likeness (QED) is 0.816. The van der Waals surface area contributed by atoms with E-state index in [0.29, 0.717) is 16.6 Å². The fraction of sp³-hybridized carbons (Fsp3) is 0.429. The van der Waals surface area contributed by atoms with Gasteiger partial charge in [-0.15, -0.1) is 0 Å². The summed E-state index contributed by atoms with van der Waals surface area (Å²) in [6.45, 7) is 1.61. The Balaban J connectivity index is 1.92. The summed E-state index contributed by atoms with van der Waals surface area (Å²) in [5, 5.41) is 3.58. The minimum Gasteiger partial charge on any atom is -0.389 e. The van der Waals surface area contributed by atoms with Crippen LogP contribution in [0.5, 0.6) is 0 Å². The molecule has 106 valence electrons. The van der Waals surface area contributed by atoms with Crippen molar-refractivity contribution in [2.24, 2.45) is 11.7 Å². The monoisotopic (exact) mass is 309 g/mol. The van der Waals surface area contributed by atoms with E-state index < -0.39 is 0 Å². The SMILES string of the molecule is NC(=S)c1ccc(N2CCCC3C(=O)NCC32)c(Cl)c1. The number of piperidine rings is 1. The van der Waals surface area contributed by atoms with Gasteiger partial charge in [0.05, 0.1) is 22.7 Å². The number of benzene rings is 1. The zero-order valence-corrected chi connectivity index (χ0v) is 12.5. The summed E-state index contributed by atoms with van der Waals surface area (Å²) in [7, 11) is 0. The fourth-order valence-corrected chi connectivity index (χ4v) is 3.56. The maximum atomic E-state index is 11.8. The molecule has 0 spiro atoms. The Bertz CT molecular complexity index is 578. The highest BCUT2D eigenvalue weighted by Gasteiger charge is 2.41. The summed E-state index contributed by atoms with van der Waals surface area (Å²) in [6, 6.07) is 5.83. The van der Waals surface area contributed by atoms with Gasteiger partial charge in [-0.2, -0.15) is 0 Å². The van der Waals surface area contributed by atoms with Crippen LogP contribution < -0.4 is 16.0 Å². The van der Waals surface area contributed by atoms with Crippen molar-refractivity contribution in [3.63, 3.8) is 0 Å². The molecule has 0 saturated carbocycles. The molecule has 2 unspecified atom stereocenters. The maximum Gasteiger partial charge on any atom is 0.225 e. The molecular weight excluding hydrogens is 294 g/mol. The summed E-state index contributed by atoms with van der Waals surface area (Å²) < 4.78 is 0. The van der Waals surface area contributed by atoms with Crippen LogP contribution >= 0.6 is 23.8 Å². The highest BCUT2D eigenvalue weighted by Crippen LogP contribution is 2.35. The number of hydrogen-bond donors (Lipinski definition) is 2. The number of fused-ring (bicyclic) bond motifs is 1. The average molecular weight is 310 g/mol. The molecule has 2 fully saturated rings. The van der Waals surface area contributed by atoms with Crippen molar-refractivity contribution in [3.05, 3.63) is 28.8 Å². The number of carbonyl (C=O) groups is 1. The van der Waals surface area contributed by atoms with E-state index in [1.807, 2.05) is 12.1 Å². The van der Waals surface area contributed by atoms with Gasteiger partial charge in [-0.1, -0.05) is 23.8 Å². The summed E-state index contributed by atoms with van der Waals surface area (Å²) in [4.78, 5) is 14.4. The number of halogens is 1. The second-order valence-electron chi connectivity index (χ2n) is 5.29. The number of anilines is 1. The average Bonchev–Trinajstić information content (AvgIpc) is 2.81. The lowest BCUT2D eigenvalue weighted by atomic mass is 9.91. The Hall–Kier alpha value is -1.33. The molecule has 2 atom stereocenters. The van der Waals surface area contributed by atoms with Crippen LogP contribution in [-0.4, -0.2) is 30.0 Å². The van der Waals surface area contributed by atoms with E-state index in [-0.39, 0.29) is 17.9 Å². The number of thiocarbonyl (C=S) groups is 1. The number of nitrogens with one attached hydrogen (secondary N) is 1. The summed E-state index contributed by atoms with van der Waals surface area (Å²) in [6.07, 6.45) is 1.96. The van der Waals surface area contributed by atoms with E-state index in [0.717, 1.165) is 30.6 Å². The molecule has 0 bridgehead atoms. The van der Waals surface area contributed by atoms with Gasteiger partial charge < -0.3 is 16.0 Å². The van der Waals surface area contributed by atoms with Crippen LogP contribution in [0.4, 0.5) is 5.69 Å². The predicted octanol–water partition coefficient (Wildman–Crippen LogP) is 1.69. The van der Waals surface area contributed by atoms with E-state index in [1.165, 1.54) is 0 Å². The van der Waals surface area contributed by atoms with Crippen molar-refractivity contribution in [3.8, 4) is 0 Å². The minimum atomic E-state index is 0.0788. The van der Waals surface area contributed by atoms with E-state index in [2.05, 4.69) is 10.2 Å². The largest absolute Gasteiger partial charge is 0.389 e. The van der Waals surface area contributed by atoms with Gasteiger partial charge in [0.25, 0.3) is 0 Å². The standard InChI is InChI=1S/C14H16ClN3OS/c15-10-6-8(13(16)20)3-4-11(10)18-5-1-2-9-12(18)7-17-14(9)19/h3-4,6,9,12H,1-2,5,7H2,(H2,16,20)(H,17,19). The second kappa shape index (κ2) is 5.22. The lowest BCUT2D eigenvalue weighted by Gasteiger charge is -2.38. The van der Waals surface area contributed by atoms with Crippen LogP contribution in [0.15, 0.2) is 18.2 Å². The molecule has 0 aromatic heterocycles. The maximum absolute atomic E-state index is 11.8. The third kappa shape index (κ3) is 2.25. The van der Waals surface area contributed by atoms with Crippen LogP contribution in [0.1, 0.15) is 18.4 Å². The van der Waals surface area contributed by atoms with E-state index in [1.54, 1.807) is 6.07 Å². The zero-order chi connectivity index (χ0) is 14.3. The van der Waals surface area contributed by atoms with Gasteiger partial charge in [0.15, 0.2) is 0 Å². The van der Waals surface area contributed by atoms with Gasteiger partial charge in [0, 0.05) is 18.7 Å². The third-order valence-electron chi connectivity index (χ3n) is 4.14. The Kier molecular flexibility index (Phi) is 3.56. The molecule has 1 aromatic rings. The normalized spacial score (nSPS) is 25.2. The first-order chi connectivity index (χ1) is 9.58. The topological polar surface area (TPSA) is 58.4 Å². The van der Waals surface area contributed by atoms with Crippen LogP contribution in [0, 0.1) is 5.92 Å². The molecule has 2 heterocycles. The van der Waals surface area contributed by atoms with Gasteiger partial charge in [-0.05, 0) is 31.0 Å². The number of nitrogens with two attached hydrogens (primary N) is 1. The van der Waals surface area contributed by atoms with Gasteiger partial charge in [-0.3, -0.25) is 4.79 Å². The van der Waals surface area contributed by atoms with Crippen LogP contribution in [0.25, 0.3) is 0 Å². The smallest absolute Gasteiger partial charge is 0.225 e. The Morgan fingerprint density at radius 3 is 3.00 bits per heavy atom. The molecule has 3 N–H and O–H groups in total. The van der Waals surface area contributed by atoms with Crippen molar-refractivity contribution < 1.29 is 4.79 Å². The van der Waals surface area contributed by atoms with Crippen molar-refractivity contribution in [2.75, 3.05) is 18.0 Å². The highest BCUT2D eigenvalue weighted by molar-refractivity contribution is 7.80. The first-order valence-corrected chi connectivity index (χ1v) is 7.50. The first kappa shape index (κ1) is 13.6. The Morgan fingerprint density at radius 1 is 1.50 bits per heavy atom. The van der Waals surface area contributed by atoms with Crippen LogP contribution in [0.3, 0.4) is 0 Å². The molecule has 6 heteroatoms. The zero-order valence-electron chi connectivity index (χ0n) is 10.9. The van der Waals surface area contributed by atoms with Crippen LogP contribution in [-0.2, 0) is 4.79 Å². The molecule has 20 heavy (non-hydrogen) atoms. The molecular formula is C14H16ClN3OS. The molecule has 1 aromatic carbocycles. The number of carbonyl (C=O) groups excluding carboxylic acids is 1. The summed E-state index contributed by atoms with van der Waals surface area (Å²) in [5.74, 6) is 0.241. The predicted molar refractivity (Wildman–Crippen MR) is 84.2 cm³/mol. The number of amides is 1. The van der Waals surface area contributed by atoms with Crippen molar-refractivity contribution >= 4 is 40.4 Å². The number of rotatable bonds is 2. The molecule has 2 aliphatic heterocycles. The lowest BCUT2D eigenvalue weighted by molar-refractivity contribution is -0.122. The van der Waals surface area contributed by atoms with Gasteiger partial charge >= 0.3 is 0 Å². The van der Waals surface area contributed by atoms with Gasteiger partial charge in [-0.25, -0.2) is 0 Å². The van der Waals surface area contributed by atoms with E-state index in [9.17, 15) is 4.79 Å². The molecule has 2 saturated heterocycles. The molecule has 4 nitrogen and oxygen atoms in total. The second-order valence-corrected chi connectivity index (χ2v) is 6.13. The number of hydrogen-bond acceptors (Lipinski definition) is 3. The Labute approximate surface area is 128 Å². The minimum absolute atomic E-state index is 0.0788. The van der Waals surface area contributed by atoms with Crippen molar-refractivity contribution in [1.29, 1.82) is 0 Å². The molecule has 0 radical (unpaired) electrons. The molecule has 3 rings (SSSR count). The van der Waals surface area contributed by atoms with Crippen LogP contribution in [0.2, 0.25) is 5.02 Å². The van der Waals surface area contributed by atoms with E-state index >= 15 is 0 Å². The molecule has 0 aliphatic carbocycles. The Morgan fingerprint density at radius 2 is 2.30 bits per heavy atom. The first-order valence-electron chi connectivity index (χ1n) is 6.71. The van der Waals surface area contributed by atoms with E-state index in [4.69, 9.17) is 29.6 Å². The highest BCUT2D eigenvalue weighted by atomic mass is 35.5. The fourth-order valence-electron chi connectivity index (χ4n) is 3.14. The molecule has 2 aliphatic rings. The molecule has 1 amide bonds. The lowest BCUT2D eigenvalue weighted by Crippen LogP contribution is -2.45. The third-order valence-corrected chi connectivity index (χ3v) is 4.68.